The van der Waals surface area contributed by atoms with Crippen molar-refractivity contribution in [2.24, 2.45) is 0 Å². The molecule has 1 fully saturated rings. The van der Waals surface area contributed by atoms with Crippen LogP contribution >= 0.6 is 11.6 Å². The van der Waals surface area contributed by atoms with Crippen molar-refractivity contribution in [1.82, 2.24) is 14.9 Å². The van der Waals surface area contributed by atoms with E-state index in [1.165, 1.54) is 12.1 Å². The predicted octanol–water partition coefficient (Wildman–Crippen LogP) is 4.58. The highest BCUT2D eigenvalue weighted by Gasteiger charge is 2.33. The molecule has 0 spiro atoms. The number of aromatic nitrogens is 2. The van der Waals surface area contributed by atoms with Crippen LogP contribution in [-0.2, 0) is 16.4 Å². The number of hydrogen-bond acceptors (Lipinski definition) is 9. The lowest BCUT2D eigenvalue weighted by molar-refractivity contribution is 0.168. The average Bonchev–Trinajstić information content (AvgIpc) is 3.39. The van der Waals surface area contributed by atoms with Crippen molar-refractivity contribution in [3.05, 3.63) is 70.4 Å². The van der Waals surface area contributed by atoms with Crippen LogP contribution in [0.5, 0.6) is 5.75 Å². The van der Waals surface area contributed by atoms with E-state index in [0.717, 1.165) is 44.1 Å². The van der Waals surface area contributed by atoms with Crippen LogP contribution in [0.3, 0.4) is 0 Å². The van der Waals surface area contributed by atoms with Gasteiger partial charge in [-0.05, 0) is 67.1 Å². The lowest BCUT2D eigenvalue weighted by Crippen LogP contribution is -2.40. The highest BCUT2D eigenvalue weighted by Crippen LogP contribution is 2.45. The van der Waals surface area contributed by atoms with Gasteiger partial charge < -0.3 is 25.5 Å². The highest BCUT2D eigenvalue weighted by atomic mass is 35.5. The summed E-state index contributed by atoms with van der Waals surface area (Å²) in [4.78, 5) is 10.8. The Bertz CT molecular complexity index is 1850. The Labute approximate surface area is 257 Å². The van der Waals surface area contributed by atoms with Gasteiger partial charge in [0.1, 0.15) is 11.6 Å². The zero-order valence-electron chi connectivity index (χ0n) is 23.4. The fourth-order valence-corrected chi connectivity index (χ4v) is 7.58. The van der Waals surface area contributed by atoms with Crippen LogP contribution in [0.25, 0.3) is 22.0 Å². The molecule has 4 aromatic rings. The number of fused-ring (bicyclic) bond motifs is 2. The van der Waals surface area contributed by atoms with Crippen molar-refractivity contribution in [3.8, 4) is 16.9 Å². The van der Waals surface area contributed by atoms with E-state index in [1.54, 1.807) is 12.3 Å². The number of sulfonamides is 1. The van der Waals surface area contributed by atoms with E-state index in [0.29, 0.717) is 23.4 Å². The summed E-state index contributed by atoms with van der Waals surface area (Å²) in [6.45, 7) is 2.49. The molecule has 2 aliphatic rings. The third-order valence-corrected chi connectivity index (χ3v) is 9.91. The molecule has 1 atom stereocenters. The van der Waals surface area contributed by atoms with Crippen LogP contribution in [0.2, 0.25) is 5.02 Å². The number of likely N-dealkylation sites (tertiary alicyclic amines) is 1. The largest absolute Gasteiger partial charge is 0.506 e. The molecule has 10 nitrogen and oxygen atoms in total. The second-order valence-corrected chi connectivity index (χ2v) is 13.1. The SMILES string of the molecule is O=S(=O)(Nc1ccc(F)c(-c2ccc3nc(NC4CCN(CCO)CC4)ncc3c2)c1F)c1cc(Cl)c(O)c2c1CCC2O. The fraction of sp³-hybridized carbons (Fsp3) is 0.333. The zero-order valence-corrected chi connectivity index (χ0v) is 25.0. The number of nitrogens with zero attached hydrogens (tertiary/aromatic N) is 3. The molecule has 1 saturated heterocycles. The maximum absolute atomic E-state index is 15.8. The third kappa shape index (κ3) is 5.77. The number of piperidine rings is 1. The van der Waals surface area contributed by atoms with Gasteiger partial charge in [0.25, 0.3) is 10.0 Å². The number of aliphatic hydroxyl groups is 2. The molecule has 0 saturated carbocycles. The quantitative estimate of drug-likeness (QED) is 0.186. The summed E-state index contributed by atoms with van der Waals surface area (Å²) in [5.74, 6) is -1.98. The summed E-state index contributed by atoms with van der Waals surface area (Å²) in [7, 11) is -4.45. The number of phenols is 1. The minimum absolute atomic E-state index is 0.0262. The number of phenolic OH excluding ortho intramolecular Hbond substituents is 1. The average molecular weight is 646 g/mol. The fourth-order valence-electron chi connectivity index (χ4n) is 5.94. The topological polar surface area (TPSA) is 148 Å². The summed E-state index contributed by atoms with van der Waals surface area (Å²) in [5, 5.41) is 33.2. The zero-order chi connectivity index (χ0) is 31.2. The van der Waals surface area contributed by atoms with Gasteiger partial charge in [-0.3, -0.25) is 4.72 Å². The molecular weight excluding hydrogens is 616 g/mol. The summed E-state index contributed by atoms with van der Waals surface area (Å²) in [6.07, 6.45) is 2.57. The first kappa shape index (κ1) is 30.4. The minimum Gasteiger partial charge on any atom is -0.506 e. The number of aliphatic hydroxyl groups excluding tert-OH is 2. The number of nitrogens with one attached hydrogen (secondary N) is 2. The van der Waals surface area contributed by atoms with Crippen LogP contribution < -0.4 is 10.0 Å². The van der Waals surface area contributed by atoms with Gasteiger partial charge in [0.2, 0.25) is 5.95 Å². The van der Waals surface area contributed by atoms with Crippen molar-refractivity contribution >= 4 is 44.2 Å². The van der Waals surface area contributed by atoms with Crippen molar-refractivity contribution < 1.29 is 32.5 Å². The molecule has 1 aliphatic carbocycles. The molecule has 3 aromatic carbocycles. The Hall–Kier alpha value is -3.62. The van der Waals surface area contributed by atoms with E-state index in [1.807, 2.05) is 0 Å². The van der Waals surface area contributed by atoms with Gasteiger partial charge in [0, 0.05) is 42.8 Å². The van der Waals surface area contributed by atoms with Gasteiger partial charge in [-0.15, -0.1) is 0 Å². The number of anilines is 2. The first-order chi connectivity index (χ1) is 21.1. The van der Waals surface area contributed by atoms with Crippen molar-refractivity contribution in [2.45, 2.75) is 42.7 Å². The van der Waals surface area contributed by atoms with Crippen LogP contribution in [0, 0.1) is 11.6 Å². The smallest absolute Gasteiger partial charge is 0.262 e. The van der Waals surface area contributed by atoms with Gasteiger partial charge in [-0.1, -0.05) is 17.7 Å². The molecule has 14 heteroatoms. The van der Waals surface area contributed by atoms with Gasteiger partial charge >= 0.3 is 0 Å². The van der Waals surface area contributed by atoms with Crippen molar-refractivity contribution in [3.63, 3.8) is 0 Å². The number of aromatic hydroxyl groups is 1. The molecule has 1 unspecified atom stereocenters. The molecule has 2 heterocycles. The lowest BCUT2D eigenvalue weighted by atomic mass is 10.0. The minimum atomic E-state index is -4.45. The number of hydrogen-bond donors (Lipinski definition) is 5. The standard InChI is InChI=1S/C30H30ClF2N5O5S/c31-20-14-25(19-2-6-24(40)27(19)29(20)41)44(42,43)37-23-5-3-21(32)26(28(23)33)16-1-4-22-17(13-16)15-34-30(36-22)35-18-7-9-38(10-8-18)11-12-39/h1,3-5,13-15,18,24,37,39-41H,2,6-12H2,(H,34,35,36). The molecule has 232 valence electrons. The first-order valence-electron chi connectivity index (χ1n) is 14.2. The molecule has 0 amide bonds. The van der Waals surface area contributed by atoms with Crippen LogP contribution in [0.1, 0.15) is 36.5 Å². The molecular formula is C30H30ClF2N5O5S. The van der Waals surface area contributed by atoms with Gasteiger partial charge in [-0.2, -0.15) is 0 Å². The van der Waals surface area contributed by atoms with Gasteiger partial charge in [-0.25, -0.2) is 27.2 Å². The summed E-state index contributed by atoms with van der Waals surface area (Å²) >= 11 is 6.05. The van der Waals surface area contributed by atoms with E-state index < -0.39 is 44.8 Å². The van der Waals surface area contributed by atoms with E-state index >= 15 is 8.78 Å². The number of benzene rings is 3. The molecule has 0 bridgehead atoms. The van der Waals surface area contributed by atoms with Gasteiger partial charge in [0.05, 0.1) is 39.4 Å². The van der Waals surface area contributed by atoms with Gasteiger partial charge in [0.15, 0.2) is 5.82 Å². The maximum Gasteiger partial charge on any atom is 0.262 e. The summed E-state index contributed by atoms with van der Waals surface area (Å²) in [5.41, 5.74) is 0.00311. The van der Waals surface area contributed by atoms with Crippen molar-refractivity contribution in [1.29, 1.82) is 0 Å². The second kappa shape index (κ2) is 12.1. The lowest BCUT2D eigenvalue weighted by Gasteiger charge is -2.31. The molecule has 1 aromatic heterocycles. The van der Waals surface area contributed by atoms with Crippen LogP contribution in [0.4, 0.5) is 20.4 Å². The number of β-amino-alcohol motifs (C(OH)–C–C–N with tert-alkyl or cyclic N) is 1. The maximum atomic E-state index is 15.8. The normalized spacial score (nSPS) is 17.6. The molecule has 44 heavy (non-hydrogen) atoms. The Morgan fingerprint density at radius 2 is 1.86 bits per heavy atom. The Balaban J connectivity index is 1.26. The number of halogens is 3. The van der Waals surface area contributed by atoms with Crippen molar-refractivity contribution in [2.75, 3.05) is 36.3 Å². The molecule has 6 rings (SSSR count). The Morgan fingerprint density at radius 1 is 1.09 bits per heavy atom. The first-order valence-corrected chi connectivity index (χ1v) is 16.0. The Kier molecular flexibility index (Phi) is 8.33. The second-order valence-electron chi connectivity index (χ2n) is 11.0. The highest BCUT2D eigenvalue weighted by molar-refractivity contribution is 7.92. The number of rotatable bonds is 8. The third-order valence-electron chi connectivity index (χ3n) is 8.19. The summed E-state index contributed by atoms with van der Waals surface area (Å²) in [6, 6.07) is 7.82. The van der Waals surface area contributed by atoms with E-state index in [4.69, 9.17) is 16.7 Å². The van der Waals surface area contributed by atoms with Crippen LogP contribution in [0.15, 0.2) is 47.5 Å². The predicted molar refractivity (Wildman–Crippen MR) is 162 cm³/mol. The molecule has 0 radical (unpaired) electrons. The Morgan fingerprint density at radius 3 is 2.61 bits per heavy atom. The molecule has 1 aliphatic heterocycles. The van der Waals surface area contributed by atoms with E-state index in [9.17, 15) is 18.6 Å². The van der Waals surface area contributed by atoms with E-state index in [2.05, 4.69) is 24.9 Å². The van der Waals surface area contributed by atoms with Crippen LogP contribution in [-0.4, -0.2) is 70.9 Å². The monoisotopic (exact) mass is 645 g/mol. The molecule has 5 N–H and O–H groups in total. The van der Waals surface area contributed by atoms with E-state index in [-0.39, 0.29) is 52.1 Å². The summed E-state index contributed by atoms with van der Waals surface area (Å²) < 4.78 is 59.8.